The lowest BCUT2D eigenvalue weighted by Gasteiger charge is -2.32. The Bertz CT molecular complexity index is 1620. The fourth-order valence-electron chi connectivity index (χ4n) is 5.72. The van der Waals surface area contributed by atoms with E-state index in [2.05, 4.69) is 32.2 Å². The van der Waals surface area contributed by atoms with Gasteiger partial charge in [0.25, 0.3) is 5.91 Å². The second kappa shape index (κ2) is 9.23. The van der Waals surface area contributed by atoms with Crippen molar-refractivity contribution in [2.24, 2.45) is 0 Å². The Balaban J connectivity index is 1.27. The van der Waals surface area contributed by atoms with Crippen LogP contribution in [0.3, 0.4) is 0 Å². The number of morpholine rings is 1. The number of amides is 2. The summed E-state index contributed by atoms with van der Waals surface area (Å²) < 4.78 is 9.88. The molecular weight excluding hydrogens is 506 g/mol. The first-order valence-corrected chi connectivity index (χ1v) is 13.2. The van der Waals surface area contributed by atoms with E-state index in [1.165, 1.54) is 11.2 Å². The summed E-state index contributed by atoms with van der Waals surface area (Å²) in [5.41, 5.74) is 4.82. The first kappa shape index (κ1) is 23.4. The standard InChI is InChI=1S/C27H26ClN7O3/c28-19-9-18-3-6-33(14-20-11-29-4-7-38-20)26(18)21(10-19)25-23-8-17(13-35(23)31-16-30-25)12-34-24(36)15-32-5-1-2-22(32)27(34)37/h2-3,6,8-10,13,16,20,29H,1,4-5,7,11-12,14-15H2. The predicted molar refractivity (Wildman–Crippen MR) is 141 cm³/mol. The molecule has 3 aliphatic heterocycles. The van der Waals surface area contributed by atoms with Crippen LogP contribution in [0.25, 0.3) is 27.7 Å². The van der Waals surface area contributed by atoms with E-state index < -0.39 is 0 Å². The molecule has 2 fully saturated rings. The van der Waals surface area contributed by atoms with E-state index in [4.69, 9.17) is 16.3 Å². The molecule has 1 N–H and O–H groups in total. The van der Waals surface area contributed by atoms with Crippen LogP contribution in [0.4, 0.5) is 0 Å². The first-order valence-electron chi connectivity index (χ1n) is 12.8. The molecule has 0 radical (unpaired) electrons. The third-order valence-corrected chi connectivity index (χ3v) is 7.68. The number of hydrogen-bond acceptors (Lipinski definition) is 7. The Morgan fingerprint density at radius 2 is 2.13 bits per heavy atom. The Hall–Kier alpha value is -3.73. The molecular formula is C27H26ClN7O3. The number of imide groups is 1. The van der Waals surface area contributed by atoms with Crippen molar-refractivity contribution in [3.8, 4) is 11.3 Å². The average Bonchev–Trinajstić information content (AvgIpc) is 3.65. The van der Waals surface area contributed by atoms with Crippen LogP contribution < -0.4 is 5.32 Å². The maximum atomic E-state index is 13.0. The molecule has 11 heteroatoms. The zero-order valence-corrected chi connectivity index (χ0v) is 21.4. The highest BCUT2D eigenvalue weighted by molar-refractivity contribution is 6.32. The van der Waals surface area contributed by atoms with Crippen LogP contribution in [0.15, 0.2) is 54.8 Å². The summed E-state index contributed by atoms with van der Waals surface area (Å²) in [6.07, 6.45) is 8.18. The van der Waals surface area contributed by atoms with Gasteiger partial charge < -0.3 is 19.5 Å². The molecule has 10 nitrogen and oxygen atoms in total. The molecule has 1 atom stereocenters. The molecule has 1 aromatic carbocycles. The lowest BCUT2D eigenvalue weighted by Crippen LogP contribution is -2.50. The maximum absolute atomic E-state index is 13.0. The van der Waals surface area contributed by atoms with Gasteiger partial charge in [-0.1, -0.05) is 17.7 Å². The molecule has 38 heavy (non-hydrogen) atoms. The zero-order chi connectivity index (χ0) is 25.8. The summed E-state index contributed by atoms with van der Waals surface area (Å²) in [6, 6.07) is 7.87. The first-order chi connectivity index (χ1) is 18.5. The van der Waals surface area contributed by atoms with E-state index in [9.17, 15) is 9.59 Å². The van der Waals surface area contributed by atoms with E-state index in [1.54, 1.807) is 4.52 Å². The van der Waals surface area contributed by atoms with Crippen LogP contribution >= 0.6 is 11.6 Å². The van der Waals surface area contributed by atoms with Gasteiger partial charge in [0.05, 0.1) is 54.8 Å². The van der Waals surface area contributed by atoms with Crippen molar-refractivity contribution in [2.45, 2.75) is 25.6 Å². The van der Waals surface area contributed by atoms with E-state index in [0.717, 1.165) is 59.3 Å². The van der Waals surface area contributed by atoms with Gasteiger partial charge in [-0.05, 0) is 36.2 Å². The number of hydrogen-bond donors (Lipinski definition) is 1. The van der Waals surface area contributed by atoms with E-state index in [1.807, 2.05) is 35.4 Å². The van der Waals surface area contributed by atoms with Crippen molar-refractivity contribution < 1.29 is 14.3 Å². The number of piperazine rings is 1. The Morgan fingerprint density at radius 3 is 3.00 bits per heavy atom. The average molecular weight is 532 g/mol. The van der Waals surface area contributed by atoms with Crippen molar-refractivity contribution in [2.75, 3.05) is 32.8 Å². The summed E-state index contributed by atoms with van der Waals surface area (Å²) in [6.45, 7) is 4.18. The Morgan fingerprint density at radius 1 is 1.21 bits per heavy atom. The van der Waals surface area contributed by atoms with Gasteiger partial charge in [-0.15, -0.1) is 0 Å². The molecule has 0 saturated carbocycles. The van der Waals surface area contributed by atoms with Gasteiger partial charge in [0.2, 0.25) is 5.91 Å². The normalized spacial score (nSPS) is 20.0. The van der Waals surface area contributed by atoms with E-state index >= 15 is 0 Å². The summed E-state index contributed by atoms with van der Waals surface area (Å²) in [4.78, 5) is 33.6. The van der Waals surface area contributed by atoms with Gasteiger partial charge in [-0.3, -0.25) is 14.5 Å². The Labute approximate surface area is 223 Å². The SMILES string of the molecule is O=C1CN2CCC=C2C(=O)N1Cc1cc2c(-c3cc(Cl)cc4ccn(CC5CNCCO5)c34)ncnn2c1. The highest BCUT2D eigenvalue weighted by Gasteiger charge is 2.36. The number of aromatic nitrogens is 4. The lowest BCUT2D eigenvalue weighted by molar-refractivity contribution is -0.148. The molecule has 7 rings (SSSR count). The number of halogens is 1. The number of nitrogens with one attached hydrogen (secondary N) is 1. The molecule has 0 aliphatic carbocycles. The molecule has 1 unspecified atom stereocenters. The molecule has 3 aromatic heterocycles. The van der Waals surface area contributed by atoms with Crippen molar-refractivity contribution in [1.82, 2.24) is 34.3 Å². The third-order valence-electron chi connectivity index (χ3n) is 7.46. The van der Waals surface area contributed by atoms with Crippen molar-refractivity contribution in [1.29, 1.82) is 0 Å². The number of benzene rings is 1. The smallest absolute Gasteiger partial charge is 0.276 e. The van der Waals surface area contributed by atoms with Gasteiger partial charge in [0, 0.05) is 48.0 Å². The van der Waals surface area contributed by atoms with E-state index in [0.29, 0.717) is 23.9 Å². The molecule has 0 bridgehead atoms. The minimum atomic E-state index is -0.242. The number of rotatable bonds is 5. The van der Waals surface area contributed by atoms with Crippen LogP contribution in [0, 0.1) is 0 Å². The van der Waals surface area contributed by atoms with Gasteiger partial charge >= 0.3 is 0 Å². The van der Waals surface area contributed by atoms with Crippen LogP contribution in [-0.2, 0) is 27.4 Å². The quantitative estimate of drug-likeness (QED) is 0.395. The predicted octanol–water partition coefficient (Wildman–Crippen LogP) is 2.45. The topological polar surface area (TPSA) is 97.0 Å². The van der Waals surface area contributed by atoms with Crippen molar-refractivity contribution >= 4 is 39.8 Å². The summed E-state index contributed by atoms with van der Waals surface area (Å²) in [7, 11) is 0. The fraction of sp³-hybridized carbons (Fsp3) is 0.333. The van der Waals surface area contributed by atoms with E-state index in [-0.39, 0.29) is 31.0 Å². The molecule has 3 aliphatic rings. The summed E-state index contributed by atoms with van der Waals surface area (Å²) in [5.74, 6) is -0.432. The maximum Gasteiger partial charge on any atom is 0.276 e. The molecule has 2 saturated heterocycles. The highest BCUT2D eigenvalue weighted by atomic mass is 35.5. The second-order valence-corrected chi connectivity index (χ2v) is 10.4. The van der Waals surface area contributed by atoms with Crippen LogP contribution in [0.1, 0.15) is 12.0 Å². The Kier molecular flexibility index (Phi) is 5.68. The van der Waals surface area contributed by atoms with Crippen LogP contribution in [0.2, 0.25) is 5.02 Å². The summed E-state index contributed by atoms with van der Waals surface area (Å²) >= 11 is 6.55. The number of ether oxygens (including phenoxy) is 1. The van der Waals surface area contributed by atoms with Gasteiger partial charge in [-0.25, -0.2) is 9.50 Å². The third kappa shape index (κ3) is 3.96. The lowest BCUT2D eigenvalue weighted by atomic mass is 10.1. The molecule has 194 valence electrons. The molecule has 6 heterocycles. The number of nitrogens with zero attached hydrogens (tertiary/aromatic N) is 6. The van der Waals surface area contributed by atoms with Crippen LogP contribution in [0.5, 0.6) is 0 Å². The number of fused-ring (bicyclic) bond motifs is 3. The largest absolute Gasteiger partial charge is 0.374 e. The number of carbonyl (C=O) groups excluding carboxylic acids is 2. The summed E-state index contributed by atoms with van der Waals surface area (Å²) in [5, 5.41) is 9.42. The minimum absolute atomic E-state index is 0.0683. The zero-order valence-electron chi connectivity index (χ0n) is 20.6. The van der Waals surface area contributed by atoms with Crippen LogP contribution in [-0.4, -0.2) is 79.7 Å². The molecule has 4 aromatic rings. The van der Waals surface area contributed by atoms with Gasteiger partial charge in [0.15, 0.2) is 0 Å². The van der Waals surface area contributed by atoms with Gasteiger partial charge in [-0.2, -0.15) is 5.10 Å². The molecule has 2 amide bonds. The monoisotopic (exact) mass is 531 g/mol. The minimum Gasteiger partial charge on any atom is -0.374 e. The second-order valence-electron chi connectivity index (χ2n) is 9.93. The fourth-order valence-corrected chi connectivity index (χ4v) is 5.94. The van der Waals surface area contributed by atoms with Gasteiger partial charge in [0.1, 0.15) is 6.33 Å². The number of carbonyl (C=O) groups is 2. The highest BCUT2D eigenvalue weighted by Crippen LogP contribution is 2.35. The van der Waals surface area contributed by atoms with Crippen molar-refractivity contribution in [3.63, 3.8) is 0 Å². The van der Waals surface area contributed by atoms with Crippen molar-refractivity contribution in [3.05, 3.63) is 65.3 Å². The molecule has 0 spiro atoms.